The number of likely N-dealkylation sites (N-methyl/N-ethyl adjacent to an activating group) is 1. The summed E-state index contributed by atoms with van der Waals surface area (Å²) in [7, 11) is 1.97. The van der Waals surface area contributed by atoms with Crippen LogP contribution in [0.2, 0.25) is 0 Å². The molecule has 1 saturated carbocycles. The molecule has 200 valence electrons. The highest BCUT2D eigenvalue weighted by Crippen LogP contribution is 2.37. The number of hydrogen-bond donors (Lipinski definition) is 3. The first kappa shape index (κ1) is 27.9. The Labute approximate surface area is 209 Å². The van der Waals surface area contributed by atoms with E-state index in [0.717, 1.165) is 13.1 Å². The Balaban J connectivity index is 1.64. The van der Waals surface area contributed by atoms with E-state index in [0.29, 0.717) is 18.7 Å². The highest BCUT2D eigenvalue weighted by Gasteiger charge is 2.38. The van der Waals surface area contributed by atoms with Gasteiger partial charge in [0.05, 0.1) is 11.7 Å². The lowest BCUT2D eigenvalue weighted by Crippen LogP contribution is -2.54. The quantitative estimate of drug-likeness (QED) is 0.496. The summed E-state index contributed by atoms with van der Waals surface area (Å²) < 4.78 is 41.6. The Kier molecular flexibility index (Phi) is 9.35. The first-order chi connectivity index (χ1) is 17.0. The number of nitrogens with two attached hydrogens (primary N) is 1. The maximum Gasteiger partial charge on any atom is 0.248 e. The van der Waals surface area contributed by atoms with Crippen LogP contribution in [0.1, 0.15) is 44.6 Å². The van der Waals surface area contributed by atoms with Gasteiger partial charge in [-0.25, -0.2) is 13.2 Å². The van der Waals surface area contributed by atoms with Crippen molar-refractivity contribution in [2.75, 3.05) is 38.5 Å². The molecule has 1 heterocycles. The van der Waals surface area contributed by atoms with Crippen molar-refractivity contribution in [3.63, 3.8) is 0 Å². The molecule has 11 heteroatoms. The molecule has 1 aliphatic carbocycles. The van der Waals surface area contributed by atoms with Gasteiger partial charge >= 0.3 is 0 Å². The fourth-order valence-corrected chi connectivity index (χ4v) is 4.62. The molecule has 0 aromatic heterocycles. The topological polar surface area (TPSA) is 108 Å². The minimum atomic E-state index is -2.73. The van der Waals surface area contributed by atoms with Crippen molar-refractivity contribution in [1.29, 1.82) is 0 Å². The molecule has 4 N–H and O–H groups in total. The smallest absolute Gasteiger partial charge is 0.248 e. The molecular formula is C25H36F3N5O3. The predicted octanol–water partition coefficient (Wildman–Crippen LogP) is 2.13. The molecule has 0 spiro atoms. The van der Waals surface area contributed by atoms with Gasteiger partial charge in [-0.3, -0.25) is 14.4 Å². The monoisotopic (exact) mass is 511 g/mol. The van der Waals surface area contributed by atoms with E-state index in [1.165, 1.54) is 12.1 Å². The number of rotatable bonds is 8. The number of hydrogen-bond acceptors (Lipinski definition) is 5. The summed E-state index contributed by atoms with van der Waals surface area (Å²) in [5.74, 6) is -4.95. The van der Waals surface area contributed by atoms with Gasteiger partial charge in [-0.2, -0.15) is 0 Å². The van der Waals surface area contributed by atoms with Crippen LogP contribution >= 0.6 is 0 Å². The van der Waals surface area contributed by atoms with Gasteiger partial charge in [0.1, 0.15) is 11.9 Å². The van der Waals surface area contributed by atoms with Gasteiger partial charge in [-0.15, -0.1) is 0 Å². The Hall–Kier alpha value is -2.66. The van der Waals surface area contributed by atoms with Gasteiger partial charge in [-0.1, -0.05) is 13.0 Å². The van der Waals surface area contributed by atoms with Crippen molar-refractivity contribution in [3.05, 3.63) is 29.6 Å². The lowest BCUT2D eigenvalue weighted by molar-refractivity contribution is -0.137. The second-order valence-corrected chi connectivity index (χ2v) is 9.83. The van der Waals surface area contributed by atoms with Crippen LogP contribution in [0.5, 0.6) is 0 Å². The zero-order chi connectivity index (χ0) is 26.5. The van der Waals surface area contributed by atoms with Gasteiger partial charge < -0.3 is 26.2 Å². The molecule has 8 nitrogen and oxygen atoms in total. The Morgan fingerprint density at radius 3 is 2.36 bits per heavy atom. The van der Waals surface area contributed by atoms with Crippen molar-refractivity contribution in [3.8, 4) is 0 Å². The third kappa shape index (κ3) is 7.42. The number of alkyl halides is 2. The number of carbonyl (C=O) groups is 3. The minimum Gasteiger partial charge on any atom is -0.344 e. The highest BCUT2D eigenvalue weighted by molar-refractivity contribution is 5.95. The van der Waals surface area contributed by atoms with E-state index >= 15 is 0 Å². The summed E-state index contributed by atoms with van der Waals surface area (Å²) in [6, 6.07) is 2.32. The van der Waals surface area contributed by atoms with E-state index in [2.05, 4.69) is 15.5 Å². The summed E-state index contributed by atoms with van der Waals surface area (Å²) in [5.41, 5.74) is 6.38. The van der Waals surface area contributed by atoms with Crippen LogP contribution in [-0.4, -0.2) is 78.8 Å². The Morgan fingerprint density at radius 2 is 1.78 bits per heavy atom. The third-order valence-corrected chi connectivity index (χ3v) is 7.07. The van der Waals surface area contributed by atoms with Crippen molar-refractivity contribution in [2.45, 2.75) is 63.5 Å². The van der Waals surface area contributed by atoms with Crippen molar-refractivity contribution in [2.24, 2.45) is 11.7 Å². The average molecular weight is 512 g/mol. The van der Waals surface area contributed by atoms with Crippen molar-refractivity contribution in [1.82, 2.24) is 15.1 Å². The molecular weight excluding hydrogens is 475 g/mol. The molecule has 1 aliphatic heterocycles. The molecule has 36 heavy (non-hydrogen) atoms. The largest absolute Gasteiger partial charge is 0.344 e. The molecule has 2 atom stereocenters. The van der Waals surface area contributed by atoms with Gasteiger partial charge in [0.15, 0.2) is 0 Å². The average Bonchev–Trinajstić information content (AvgIpc) is 2.84. The maximum atomic E-state index is 14.9. The van der Waals surface area contributed by atoms with E-state index < -0.39 is 35.6 Å². The molecule has 3 amide bonds. The van der Waals surface area contributed by atoms with Gasteiger partial charge in [0.25, 0.3) is 0 Å². The molecule has 2 aliphatic rings. The first-order valence-corrected chi connectivity index (χ1v) is 12.5. The van der Waals surface area contributed by atoms with Gasteiger partial charge in [-0.05, 0) is 43.5 Å². The standard InChI is InChI=1S/C25H36F3N5O3/c1-3-21(34)30-20(24(36)33-12-10-32(2)11-13-33)15-16-4-5-19(18(26)14-16)31-23(35)22(29)17-6-8-25(27,28)9-7-17/h4-5,14,17,20,22H,3,6-13,15,29H2,1-2H3,(H,30,34)(H,31,35). The van der Waals surface area contributed by atoms with E-state index in [-0.39, 0.29) is 56.0 Å². The number of amides is 3. The predicted molar refractivity (Wildman–Crippen MR) is 130 cm³/mol. The molecule has 1 saturated heterocycles. The number of halogens is 3. The number of carbonyl (C=O) groups excluding carboxylic acids is 3. The number of anilines is 1. The fraction of sp³-hybridized carbons (Fsp3) is 0.640. The molecule has 1 aromatic rings. The second-order valence-electron chi connectivity index (χ2n) is 9.83. The highest BCUT2D eigenvalue weighted by atomic mass is 19.3. The minimum absolute atomic E-state index is 0.0834. The van der Waals surface area contributed by atoms with Crippen LogP contribution in [0.3, 0.4) is 0 Å². The summed E-state index contributed by atoms with van der Waals surface area (Å²) >= 11 is 0. The lowest BCUT2D eigenvalue weighted by Gasteiger charge is -2.34. The second kappa shape index (κ2) is 12.1. The van der Waals surface area contributed by atoms with Crippen molar-refractivity contribution < 1.29 is 27.6 Å². The molecule has 1 aromatic carbocycles. The molecule has 2 unspecified atom stereocenters. The van der Waals surface area contributed by atoms with Crippen LogP contribution in [-0.2, 0) is 20.8 Å². The normalized spacial score (nSPS) is 20.4. The van der Waals surface area contributed by atoms with Crippen LogP contribution in [0.4, 0.5) is 18.9 Å². The van der Waals surface area contributed by atoms with Gasteiger partial charge in [0, 0.05) is 51.9 Å². The Bertz CT molecular complexity index is 943. The first-order valence-electron chi connectivity index (χ1n) is 12.5. The van der Waals surface area contributed by atoms with E-state index in [9.17, 15) is 27.6 Å². The molecule has 2 fully saturated rings. The number of benzene rings is 1. The van der Waals surface area contributed by atoms with Crippen LogP contribution in [0.25, 0.3) is 0 Å². The zero-order valence-electron chi connectivity index (χ0n) is 20.9. The summed E-state index contributed by atoms with van der Waals surface area (Å²) in [5, 5.41) is 5.19. The van der Waals surface area contributed by atoms with Gasteiger partial charge in [0.2, 0.25) is 23.6 Å². The summed E-state index contributed by atoms with van der Waals surface area (Å²) in [4.78, 5) is 41.5. The number of nitrogens with one attached hydrogen (secondary N) is 2. The Morgan fingerprint density at radius 1 is 1.14 bits per heavy atom. The van der Waals surface area contributed by atoms with E-state index in [1.54, 1.807) is 17.9 Å². The number of piperazine rings is 1. The van der Waals surface area contributed by atoms with Crippen LogP contribution < -0.4 is 16.4 Å². The van der Waals surface area contributed by atoms with Crippen LogP contribution in [0, 0.1) is 11.7 Å². The molecule has 3 rings (SSSR count). The summed E-state index contributed by atoms with van der Waals surface area (Å²) in [6.45, 7) is 4.24. The van der Waals surface area contributed by atoms with E-state index in [4.69, 9.17) is 5.73 Å². The van der Waals surface area contributed by atoms with E-state index in [1.807, 2.05) is 7.05 Å². The fourth-order valence-electron chi connectivity index (χ4n) is 4.62. The summed E-state index contributed by atoms with van der Waals surface area (Å²) in [6.07, 6.45) is -0.0540. The van der Waals surface area contributed by atoms with Crippen molar-refractivity contribution >= 4 is 23.4 Å². The molecule has 0 bridgehead atoms. The zero-order valence-corrected chi connectivity index (χ0v) is 20.9. The number of nitrogens with zero attached hydrogens (tertiary/aromatic N) is 2. The maximum absolute atomic E-state index is 14.9. The molecule has 0 radical (unpaired) electrons. The van der Waals surface area contributed by atoms with Crippen LogP contribution in [0.15, 0.2) is 18.2 Å². The lowest BCUT2D eigenvalue weighted by atomic mass is 9.82. The SMILES string of the molecule is CCC(=O)NC(Cc1ccc(NC(=O)C(N)C2CCC(F)(F)CC2)c(F)c1)C(=O)N1CCN(C)CC1. The third-order valence-electron chi connectivity index (χ3n) is 7.07.